The van der Waals surface area contributed by atoms with E-state index < -0.39 is 0 Å². The van der Waals surface area contributed by atoms with Gasteiger partial charge in [-0.1, -0.05) is 33.3 Å². The predicted octanol–water partition coefficient (Wildman–Crippen LogP) is 3.22. The van der Waals surface area contributed by atoms with Crippen molar-refractivity contribution in [3.8, 4) is 0 Å². The molecule has 0 aromatic rings. The molecule has 0 fully saturated rings. The summed E-state index contributed by atoms with van der Waals surface area (Å²) in [4.78, 5) is 0. The Kier molecular flexibility index (Phi) is 6.97. The van der Waals surface area contributed by atoms with Crippen LogP contribution in [0.25, 0.3) is 0 Å². The zero-order valence-electron chi connectivity index (χ0n) is 9.68. The van der Waals surface area contributed by atoms with Crippen LogP contribution in [-0.4, -0.2) is 31.2 Å². The summed E-state index contributed by atoms with van der Waals surface area (Å²) in [6.07, 6.45) is 7.35. The minimum Gasteiger partial charge on any atom is -0.323 e. The molecule has 0 aliphatic heterocycles. The van der Waals surface area contributed by atoms with Crippen LogP contribution in [0.3, 0.4) is 0 Å². The summed E-state index contributed by atoms with van der Waals surface area (Å²) in [5.74, 6) is 0. The van der Waals surface area contributed by atoms with Gasteiger partial charge in [-0.2, -0.15) is 0 Å². The fraction of sp³-hybridized carbons (Fsp3) is 0.833. The monoisotopic (exact) mass is 184 g/mol. The van der Waals surface area contributed by atoms with Crippen molar-refractivity contribution in [3.63, 3.8) is 0 Å². The van der Waals surface area contributed by atoms with Gasteiger partial charge in [0.25, 0.3) is 0 Å². The van der Waals surface area contributed by atoms with Crippen LogP contribution in [0.1, 0.15) is 39.5 Å². The van der Waals surface area contributed by atoms with E-state index >= 15 is 0 Å². The van der Waals surface area contributed by atoms with Gasteiger partial charge in [0.05, 0.1) is 26.7 Å². The van der Waals surface area contributed by atoms with E-state index in [1.807, 2.05) is 0 Å². The van der Waals surface area contributed by atoms with Crippen LogP contribution in [0.4, 0.5) is 0 Å². The molecule has 0 amide bonds. The van der Waals surface area contributed by atoms with E-state index in [1.165, 1.54) is 43.3 Å². The molecule has 0 aliphatic carbocycles. The minimum absolute atomic E-state index is 1.12. The highest BCUT2D eigenvalue weighted by molar-refractivity contribution is 4.65. The fourth-order valence-corrected chi connectivity index (χ4v) is 1.69. The van der Waals surface area contributed by atoms with Crippen molar-refractivity contribution in [1.29, 1.82) is 0 Å². The fourth-order valence-electron chi connectivity index (χ4n) is 1.69. The summed E-state index contributed by atoms with van der Waals surface area (Å²) in [6, 6.07) is 0. The molecule has 0 saturated carbocycles. The smallest absolute Gasteiger partial charge is 0.0969 e. The molecule has 0 N–H and O–H groups in total. The van der Waals surface area contributed by atoms with Crippen LogP contribution in [0, 0.1) is 0 Å². The van der Waals surface area contributed by atoms with E-state index in [0.717, 1.165) is 6.54 Å². The van der Waals surface area contributed by atoms with Crippen LogP contribution in [0.5, 0.6) is 0 Å². The highest BCUT2D eigenvalue weighted by Gasteiger charge is 2.17. The van der Waals surface area contributed by atoms with E-state index in [0.29, 0.717) is 0 Å². The van der Waals surface area contributed by atoms with Gasteiger partial charge in [-0.25, -0.2) is 0 Å². The summed E-state index contributed by atoms with van der Waals surface area (Å²) in [7, 11) is 2.35. The lowest BCUT2D eigenvalue weighted by Crippen LogP contribution is -2.45. The first-order valence-corrected chi connectivity index (χ1v) is 5.63. The van der Waals surface area contributed by atoms with Crippen LogP contribution >= 0.6 is 0 Å². The molecule has 0 aliphatic rings. The maximum absolute atomic E-state index is 3.85. The van der Waals surface area contributed by atoms with Crippen molar-refractivity contribution in [2.24, 2.45) is 0 Å². The largest absolute Gasteiger partial charge is 0.323 e. The van der Waals surface area contributed by atoms with Gasteiger partial charge in [-0.3, -0.25) is 0 Å². The quantitative estimate of drug-likeness (QED) is 0.401. The number of unbranched alkanes of at least 4 members (excludes halogenated alkanes) is 2. The van der Waals surface area contributed by atoms with Gasteiger partial charge < -0.3 is 4.48 Å². The molecule has 0 atom stereocenters. The van der Waals surface area contributed by atoms with E-state index in [4.69, 9.17) is 0 Å². The topological polar surface area (TPSA) is 0 Å². The molecule has 1 nitrogen and oxygen atoms in total. The molecule has 0 heterocycles. The molecule has 78 valence electrons. The summed E-state index contributed by atoms with van der Waals surface area (Å²) in [5, 5.41) is 0. The zero-order chi connectivity index (χ0) is 10.2. The Bertz CT molecular complexity index is 121. The van der Waals surface area contributed by atoms with Gasteiger partial charge in [0, 0.05) is 0 Å². The summed E-state index contributed by atoms with van der Waals surface area (Å²) in [5.41, 5.74) is 0. The first kappa shape index (κ1) is 12.7. The highest BCUT2D eigenvalue weighted by Crippen LogP contribution is 2.08. The van der Waals surface area contributed by atoms with Crippen molar-refractivity contribution in [2.45, 2.75) is 39.5 Å². The summed E-state index contributed by atoms with van der Waals surface area (Å²) >= 11 is 0. The standard InChI is InChI=1S/C12H26N/c1-5-8-11-13(4,10-7-3)12-9-6-2/h7H,3,5-6,8-12H2,1-2,4H3/q+1. The van der Waals surface area contributed by atoms with Crippen molar-refractivity contribution >= 4 is 0 Å². The Morgan fingerprint density at radius 3 is 1.85 bits per heavy atom. The molecule has 0 radical (unpaired) electrons. The van der Waals surface area contributed by atoms with Crippen LogP contribution in [0.2, 0.25) is 0 Å². The average molecular weight is 184 g/mol. The number of hydrogen-bond donors (Lipinski definition) is 0. The molecular weight excluding hydrogens is 158 g/mol. The van der Waals surface area contributed by atoms with Gasteiger partial charge in [0.15, 0.2) is 0 Å². The summed E-state index contributed by atoms with van der Waals surface area (Å²) < 4.78 is 1.19. The number of rotatable bonds is 8. The van der Waals surface area contributed by atoms with Crippen LogP contribution in [-0.2, 0) is 0 Å². The minimum atomic E-state index is 1.12. The van der Waals surface area contributed by atoms with Crippen LogP contribution < -0.4 is 0 Å². The Morgan fingerprint density at radius 2 is 1.54 bits per heavy atom. The first-order valence-electron chi connectivity index (χ1n) is 5.63. The third-order valence-electron chi connectivity index (χ3n) is 2.67. The Balaban J connectivity index is 3.90. The van der Waals surface area contributed by atoms with Gasteiger partial charge in [0.1, 0.15) is 0 Å². The SMILES string of the molecule is C=CC[N+](C)(CCCC)CCCC. The van der Waals surface area contributed by atoms with E-state index in [9.17, 15) is 0 Å². The van der Waals surface area contributed by atoms with Gasteiger partial charge in [0.2, 0.25) is 0 Å². The normalized spacial score (nSPS) is 11.6. The zero-order valence-corrected chi connectivity index (χ0v) is 9.68. The van der Waals surface area contributed by atoms with E-state index in [2.05, 4.69) is 33.6 Å². The molecular formula is C12H26N+. The van der Waals surface area contributed by atoms with E-state index in [-0.39, 0.29) is 0 Å². The van der Waals surface area contributed by atoms with Crippen molar-refractivity contribution in [2.75, 3.05) is 26.7 Å². The van der Waals surface area contributed by atoms with Gasteiger partial charge >= 0.3 is 0 Å². The maximum atomic E-state index is 3.85. The molecule has 0 bridgehead atoms. The maximum Gasteiger partial charge on any atom is 0.0969 e. The lowest BCUT2D eigenvalue weighted by atomic mass is 10.2. The molecule has 0 spiro atoms. The number of nitrogens with zero attached hydrogens (tertiary/aromatic N) is 1. The third kappa shape index (κ3) is 5.87. The third-order valence-corrected chi connectivity index (χ3v) is 2.67. The first-order chi connectivity index (χ1) is 6.18. The second-order valence-corrected chi connectivity index (χ2v) is 4.25. The Hall–Kier alpha value is -0.300. The molecule has 1 heteroatoms. The average Bonchev–Trinajstić information content (AvgIpc) is 2.12. The van der Waals surface area contributed by atoms with Gasteiger partial charge in [-0.15, -0.1) is 0 Å². The molecule has 0 unspecified atom stereocenters. The van der Waals surface area contributed by atoms with Gasteiger partial charge in [-0.05, 0) is 18.9 Å². The van der Waals surface area contributed by atoms with Crippen LogP contribution in [0.15, 0.2) is 12.7 Å². The Morgan fingerprint density at radius 1 is 1.08 bits per heavy atom. The highest BCUT2D eigenvalue weighted by atomic mass is 15.3. The molecule has 0 aromatic heterocycles. The number of quaternary nitrogens is 1. The molecule has 13 heavy (non-hydrogen) atoms. The number of hydrogen-bond acceptors (Lipinski definition) is 0. The lowest BCUT2D eigenvalue weighted by molar-refractivity contribution is -0.904. The molecule has 0 saturated heterocycles. The Labute approximate surface area is 84.0 Å². The van der Waals surface area contributed by atoms with Crippen molar-refractivity contribution < 1.29 is 4.48 Å². The van der Waals surface area contributed by atoms with Crippen molar-refractivity contribution in [3.05, 3.63) is 12.7 Å². The lowest BCUT2D eigenvalue weighted by Gasteiger charge is -2.33. The number of likely N-dealkylation sites (N-methyl/N-ethyl adjacent to an activating group) is 1. The second-order valence-electron chi connectivity index (χ2n) is 4.25. The predicted molar refractivity (Wildman–Crippen MR) is 60.8 cm³/mol. The molecule has 0 rings (SSSR count). The second kappa shape index (κ2) is 7.14. The van der Waals surface area contributed by atoms with E-state index in [1.54, 1.807) is 0 Å². The summed E-state index contributed by atoms with van der Waals surface area (Å²) in [6.45, 7) is 12.1. The van der Waals surface area contributed by atoms with Crippen molar-refractivity contribution in [1.82, 2.24) is 0 Å². The molecule has 0 aromatic carbocycles.